The van der Waals surface area contributed by atoms with Gasteiger partial charge in [-0.1, -0.05) is 18.2 Å². The van der Waals surface area contributed by atoms with Crippen LogP contribution in [0.2, 0.25) is 0 Å². The highest BCUT2D eigenvalue weighted by molar-refractivity contribution is 5.84. The van der Waals surface area contributed by atoms with Crippen molar-refractivity contribution in [2.75, 3.05) is 26.7 Å². The highest BCUT2D eigenvalue weighted by Crippen LogP contribution is 2.37. The van der Waals surface area contributed by atoms with E-state index in [1.165, 1.54) is 10.9 Å². The summed E-state index contributed by atoms with van der Waals surface area (Å²) in [6, 6.07) is 8.35. The van der Waals surface area contributed by atoms with Crippen LogP contribution in [0, 0.1) is 0 Å². The number of rotatable bonds is 2. The Morgan fingerprint density at radius 3 is 3.00 bits per heavy atom. The summed E-state index contributed by atoms with van der Waals surface area (Å²) in [5.74, 6) is 0. The summed E-state index contributed by atoms with van der Waals surface area (Å²) in [6.45, 7) is 2.29. The molecular weight excluding hydrogens is 224 g/mol. The van der Waals surface area contributed by atoms with Crippen LogP contribution in [0.4, 0.5) is 0 Å². The average Bonchev–Trinajstić information content (AvgIpc) is 2.83. The molecule has 1 atom stereocenters. The van der Waals surface area contributed by atoms with E-state index >= 15 is 0 Å². The van der Waals surface area contributed by atoms with Gasteiger partial charge >= 0.3 is 0 Å². The van der Waals surface area contributed by atoms with Crippen molar-refractivity contribution in [1.82, 2.24) is 9.88 Å². The Morgan fingerprint density at radius 2 is 2.22 bits per heavy atom. The van der Waals surface area contributed by atoms with Gasteiger partial charge in [0.2, 0.25) is 0 Å². The zero-order valence-corrected chi connectivity index (χ0v) is 10.8. The molecule has 1 unspecified atom stereocenters. The number of fused-ring (bicyclic) bond motifs is 1. The fourth-order valence-corrected chi connectivity index (χ4v) is 3.31. The summed E-state index contributed by atoms with van der Waals surface area (Å²) in [6.07, 6.45) is 4.30. The first-order valence-electron chi connectivity index (χ1n) is 6.61. The molecule has 1 fully saturated rings. The molecule has 2 aromatic rings. The van der Waals surface area contributed by atoms with Gasteiger partial charge in [0.15, 0.2) is 0 Å². The molecule has 1 aromatic carbocycles. The maximum absolute atomic E-state index is 9.95. The Kier molecular flexibility index (Phi) is 2.88. The normalized spacial score (nSPS) is 25.7. The number of para-hydroxylation sites is 1. The van der Waals surface area contributed by atoms with E-state index in [0.717, 1.165) is 31.4 Å². The summed E-state index contributed by atoms with van der Waals surface area (Å²) in [5.41, 5.74) is 2.33. The van der Waals surface area contributed by atoms with Gasteiger partial charge in [-0.3, -0.25) is 0 Å². The molecule has 2 N–H and O–H groups in total. The average molecular weight is 244 g/mol. The van der Waals surface area contributed by atoms with Gasteiger partial charge in [0.25, 0.3) is 0 Å². The van der Waals surface area contributed by atoms with E-state index < -0.39 is 0 Å². The SMILES string of the molecule is CN1CCCC(CO)(c2c[nH]c3ccccc23)C1. The molecule has 2 heterocycles. The Balaban J connectivity index is 2.10. The summed E-state index contributed by atoms with van der Waals surface area (Å²) in [4.78, 5) is 5.65. The van der Waals surface area contributed by atoms with Crippen molar-refractivity contribution < 1.29 is 5.11 Å². The number of aromatic amines is 1. The summed E-state index contributed by atoms with van der Waals surface area (Å²) >= 11 is 0. The fourth-order valence-electron chi connectivity index (χ4n) is 3.31. The highest BCUT2D eigenvalue weighted by atomic mass is 16.3. The lowest BCUT2D eigenvalue weighted by Gasteiger charge is -2.40. The van der Waals surface area contributed by atoms with E-state index in [4.69, 9.17) is 0 Å². The number of piperidine rings is 1. The molecule has 1 saturated heterocycles. The van der Waals surface area contributed by atoms with Crippen molar-refractivity contribution >= 4 is 10.9 Å². The van der Waals surface area contributed by atoms with Crippen LogP contribution in [0.25, 0.3) is 10.9 Å². The van der Waals surface area contributed by atoms with Gasteiger partial charge in [-0.2, -0.15) is 0 Å². The van der Waals surface area contributed by atoms with E-state index in [-0.39, 0.29) is 12.0 Å². The number of likely N-dealkylation sites (tertiary alicyclic amines) is 1. The van der Waals surface area contributed by atoms with Gasteiger partial charge in [-0.25, -0.2) is 0 Å². The van der Waals surface area contributed by atoms with Crippen LogP contribution in [0.3, 0.4) is 0 Å². The minimum Gasteiger partial charge on any atom is -0.395 e. The molecule has 0 aliphatic carbocycles. The van der Waals surface area contributed by atoms with Crippen molar-refractivity contribution in [2.45, 2.75) is 18.3 Å². The molecule has 0 spiro atoms. The quantitative estimate of drug-likeness (QED) is 0.849. The molecule has 3 rings (SSSR count). The number of hydrogen-bond acceptors (Lipinski definition) is 2. The zero-order valence-electron chi connectivity index (χ0n) is 10.8. The van der Waals surface area contributed by atoms with Crippen molar-refractivity contribution in [1.29, 1.82) is 0 Å². The summed E-state index contributed by atoms with van der Waals surface area (Å²) < 4.78 is 0. The molecule has 1 aromatic heterocycles. The topological polar surface area (TPSA) is 39.3 Å². The molecule has 0 bridgehead atoms. The molecule has 0 radical (unpaired) electrons. The molecular formula is C15H20N2O. The molecule has 18 heavy (non-hydrogen) atoms. The van der Waals surface area contributed by atoms with Crippen molar-refractivity contribution in [2.24, 2.45) is 0 Å². The lowest BCUT2D eigenvalue weighted by molar-refractivity contribution is 0.106. The maximum Gasteiger partial charge on any atom is 0.0541 e. The number of nitrogens with one attached hydrogen (secondary N) is 1. The van der Waals surface area contributed by atoms with E-state index in [1.54, 1.807) is 0 Å². The molecule has 0 saturated carbocycles. The van der Waals surface area contributed by atoms with Gasteiger partial charge in [-0.05, 0) is 38.1 Å². The highest BCUT2D eigenvalue weighted by Gasteiger charge is 2.37. The molecule has 3 heteroatoms. The van der Waals surface area contributed by atoms with E-state index in [9.17, 15) is 5.11 Å². The van der Waals surface area contributed by atoms with Crippen molar-refractivity contribution in [3.63, 3.8) is 0 Å². The molecule has 1 aliphatic heterocycles. The first-order chi connectivity index (χ1) is 8.75. The Hall–Kier alpha value is -1.32. The fraction of sp³-hybridized carbons (Fsp3) is 0.467. The molecule has 3 nitrogen and oxygen atoms in total. The van der Waals surface area contributed by atoms with Gasteiger partial charge in [-0.15, -0.1) is 0 Å². The first kappa shape index (κ1) is 11.8. The predicted octanol–water partition coefficient (Wildman–Crippen LogP) is 2.12. The minimum absolute atomic E-state index is 0.105. The number of hydrogen-bond donors (Lipinski definition) is 2. The van der Waals surface area contributed by atoms with Crippen LogP contribution >= 0.6 is 0 Å². The zero-order chi connectivity index (χ0) is 12.6. The lowest BCUT2D eigenvalue weighted by Crippen LogP contribution is -2.46. The summed E-state index contributed by atoms with van der Waals surface area (Å²) in [7, 11) is 2.14. The third-order valence-corrected chi connectivity index (χ3v) is 4.23. The molecule has 0 amide bonds. The Bertz CT molecular complexity index is 548. The van der Waals surface area contributed by atoms with Crippen LogP contribution in [0.1, 0.15) is 18.4 Å². The lowest BCUT2D eigenvalue weighted by atomic mass is 9.75. The number of aliphatic hydroxyl groups is 1. The number of likely N-dealkylation sites (N-methyl/N-ethyl adjacent to an activating group) is 1. The van der Waals surface area contributed by atoms with Crippen LogP contribution in [-0.4, -0.2) is 41.7 Å². The maximum atomic E-state index is 9.95. The smallest absolute Gasteiger partial charge is 0.0541 e. The van der Waals surface area contributed by atoms with Crippen LogP contribution in [0.5, 0.6) is 0 Å². The van der Waals surface area contributed by atoms with E-state index in [0.29, 0.717) is 0 Å². The van der Waals surface area contributed by atoms with Crippen LogP contribution in [0.15, 0.2) is 30.5 Å². The van der Waals surface area contributed by atoms with E-state index in [1.807, 2.05) is 6.07 Å². The van der Waals surface area contributed by atoms with Gasteiger partial charge in [0.1, 0.15) is 0 Å². The second-order valence-corrected chi connectivity index (χ2v) is 5.53. The number of aromatic nitrogens is 1. The third-order valence-electron chi connectivity index (χ3n) is 4.23. The van der Waals surface area contributed by atoms with Crippen molar-refractivity contribution in [3.05, 3.63) is 36.0 Å². The third kappa shape index (κ3) is 1.74. The number of H-pyrrole nitrogens is 1. The van der Waals surface area contributed by atoms with Crippen LogP contribution in [-0.2, 0) is 5.41 Å². The number of nitrogens with zero attached hydrogens (tertiary/aromatic N) is 1. The van der Waals surface area contributed by atoms with E-state index in [2.05, 4.69) is 41.3 Å². The largest absolute Gasteiger partial charge is 0.395 e. The second kappa shape index (κ2) is 4.41. The Morgan fingerprint density at radius 1 is 1.39 bits per heavy atom. The first-order valence-corrected chi connectivity index (χ1v) is 6.61. The molecule has 96 valence electrons. The standard InChI is InChI=1S/C15H20N2O/c1-17-8-4-7-15(10-17,11-18)13-9-16-14-6-3-2-5-12(13)14/h2-3,5-6,9,16,18H,4,7-8,10-11H2,1H3. The predicted molar refractivity (Wildman–Crippen MR) is 73.8 cm³/mol. The van der Waals surface area contributed by atoms with Gasteiger partial charge in [0, 0.05) is 29.1 Å². The monoisotopic (exact) mass is 244 g/mol. The summed E-state index contributed by atoms with van der Waals surface area (Å²) in [5, 5.41) is 11.2. The molecule has 1 aliphatic rings. The number of benzene rings is 1. The van der Waals surface area contributed by atoms with Crippen LogP contribution < -0.4 is 0 Å². The Labute approximate surface area is 107 Å². The van der Waals surface area contributed by atoms with Gasteiger partial charge < -0.3 is 15.0 Å². The minimum atomic E-state index is -0.105. The second-order valence-electron chi connectivity index (χ2n) is 5.53. The number of aliphatic hydroxyl groups excluding tert-OH is 1. The van der Waals surface area contributed by atoms with Gasteiger partial charge in [0.05, 0.1) is 6.61 Å². The van der Waals surface area contributed by atoms with Crippen molar-refractivity contribution in [3.8, 4) is 0 Å².